The highest BCUT2D eigenvalue weighted by Crippen LogP contribution is 2.11. The second kappa shape index (κ2) is 4.79. The number of thioether (sulfide) groups is 1. The molecular weight excluding hydrogens is 168 g/mol. The Morgan fingerprint density at radius 2 is 2.09 bits per heavy atom. The summed E-state index contributed by atoms with van der Waals surface area (Å²) in [5.74, 6) is -2.31. The number of hydrogen-bond acceptors (Lipinski definition) is 3. The van der Waals surface area contributed by atoms with Crippen molar-refractivity contribution < 1.29 is 19.8 Å². The monoisotopic (exact) mass is 176 g/mol. The Morgan fingerprint density at radius 3 is 2.36 bits per heavy atom. The standard InChI is InChI=1S/C6H8O4S/c1-2-4(6(9)10)11-3-5(7)8/h2,4H,1,3H2,(H,7,8)(H,9,10). The third-order valence-electron chi connectivity index (χ3n) is 0.844. The van der Waals surface area contributed by atoms with E-state index in [0.29, 0.717) is 0 Å². The van der Waals surface area contributed by atoms with Gasteiger partial charge in [0.25, 0.3) is 0 Å². The van der Waals surface area contributed by atoms with Crippen molar-refractivity contribution in [3.8, 4) is 0 Å². The second-order valence-corrected chi connectivity index (χ2v) is 2.83. The molecule has 0 aliphatic carbocycles. The van der Waals surface area contributed by atoms with E-state index in [1.54, 1.807) is 0 Å². The Balaban J connectivity index is 3.79. The molecule has 11 heavy (non-hydrogen) atoms. The summed E-state index contributed by atoms with van der Waals surface area (Å²) < 4.78 is 0. The normalized spacial score (nSPS) is 12.0. The zero-order valence-electron chi connectivity index (χ0n) is 5.69. The smallest absolute Gasteiger partial charge is 0.320 e. The number of carboxylic acids is 2. The highest BCUT2D eigenvalue weighted by molar-refractivity contribution is 8.01. The van der Waals surface area contributed by atoms with Crippen LogP contribution in [0, 0.1) is 0 Å². The van der Waals surface area contributed by atoms with Gasteiger partial charge in [0.2, 0.25) is 0 Å². The topological polar surface area (TPSA) is 74.6 Å². The van der Waals surface area contributed by atoms with Crippen LogP contribution in [0.1, 0.15) is 0 Å². The molecule has 2 N–H and O–H groups in total. The fraction of sp³-hybridized carbons (Fsp3) is 0.333. The summed E-state index contributed by atoms with van der Waals surface area (Å²) in [6.45, 7) is 3.27. The molecule has 0 aromatic rings. The van der Waals surface area contributed by atoms with E-state index in [4.69, 9.17) is 10.2 Å². The fourth-order valence-electron chi connectivity index (χ4n) is 0.401. The third-order valence-corrected chi connectivity index (χ3v) is 2.01. The van der Waals surface area contributed by atoms with Crippen LogP contribution in [-0.2, 0) is 9.59 Å². The molecule has 0 amide bonds. The van der Waals surface area contributed by atoms with Crippen molar-refractivity contribution >= 4 is 23.7 Å². The van der Waals surface area contributed by atoms with Gasteiger partial charge in [-0.3, -0.25) is 9.59 Å². The van der Waals surface area contributed by atoms with E-state index in [2.05, 4.69) is 6.58 Å². The third kappa shape index (κ3) is 4.44. The Bertz CT molecular complexity index is 177. The lowest BCUT2D eigenvalue weighted by molar-refractivity contribution is -0.135. The molecule has 0 aliphatic rings. The number of rotatable bonds is 5. The second-order valence-electron chi connectivity index (χ2n) is 1.70. The highest BCUT2D eigenvalue weighted by Gasteiger charge is 2.14. The summed E-state index contributed by atoms with van der Waals surface area (Å²) in [6.07, 6.45) is 1.20. The maximum Gasteiger partial charge on any atom is 0.320 e. The van der Waals surface area contributed by atoms with Gasteiger partial charge in [-0.05, 0) is 0 Å². The first kappa shape index (κ1) is 10.0. The summed E-state index contributed by atoms with van der Waals surface area (Å²) in [4.78, 5) is 20.3. The van der Waals surface area contributed by atoms with Gasteiger partial charge in [-0.1, -0.05) is 6.08 Å². The minimum atomic E-state index is -1.06. The number of hydrogen-bond donors (Lipinski definition) is 2. The van der Waals surface area contributed by atoms with Gasteiger partial charge in [-0.25, -0.2) is 0 Å². The van der Waals surface area contributed by atoms with Crippen LogP contribution in [0.15, 0.2) is 12.7 Å². The molecule has 1 atom stereocenters. The largest absolute Gasteiger partial charge is 0.481 e. The quantitative estimate of drug-likeness (QED) is 0.594. The average Bonchev–Trinajstić information content (AvgIpc) is 1.87. The fourth-order valence-corrected chi connectivity index (χ4v) is 1.00. The Labute approximate surface area is 67.9 Å². The number of carbonyl (C=O) groups is 2. The molecule has 1 unspecified atom stereocenters. The van der Waals surface area contributed by atoms with Crippen molar-refractivity contribution in [2.24, 2.45) is 0 Å². The van der Waals surface area contributed by atoms with Crippen molar-refractivity contribution in [3.63, 3.8) is 0 Å². The van der Waals surface area contributed by atoms with E-state index in [1.165, 1.54) is 6.08 Å². The Morgan fingerprint density at radius 1 is 1.55 bits per heavy atom. The summed E-state index contributed by atoms with van der Waals surface area (Å²) >= 11 is 0.821. The van der Waals surface area contributed by atoms with E-state index in [0.717, 1.165) is 11.8 Å². The summed E-state index contributed by atoms with van der Waals surface area (Å²) in [6, 6.07) is 0. The van der Waals surface area contributed by atoms with Gasteiger partial charge in [0.05, 0.1) is 5.75 Å². The lowest BCUT2D eigenvalue weighted by atomic mass is 10.4. The molecule has 0 bridgehead atoms. The average molecular weight is 176 g/mol. The zero-order valence-corrected chi connectivity index (χ0v) is 6.50. The van der Waals surface area contributed by atoms with Gasteiger partial charge in [0, 0.05) is 0 Å². The first-order valence-electron chi connectivity index (χ1n) is 2.76. The van der Waals surface area contributed by atoms with Crippen LogP contribution in [0.3, 0.4) is 0 Å². The minimum Gasteiger partial charge on any atom is -0.481 e. The van der Waals surface area contributed by atoms with Crippen LogP contribution < -0.4 is 0 Å². The van der Waals surface area contributed by atoms with E-state index in [1.807, 2.05) is 0 Å². The van der Waals surface area contributed by atoms with Gasteiger partial charge in [0.1, 0.15) is 5.25 Å². The molecule has 0 spiro atoms. The SMILES string of the molecule is C=CC(SCC(=O)O)C(=O)O. The van der Waals surface area contributed by atoms with Crippen LogP contribution in [0.4, 0.5) is 0 Å². The lowest BCUT2D eigenvalue weighted by Gasteiger charge is -2.02. The molecule has 0 aliphatic heterocycles. The maximum absolute atomic E-state index is 10.3. The van der Waals surface area contributed by atoms with Crippen LogP contribution in [0.25, 0.3) is 0 Å². The molecule has 0 radical (unpaired) electrons. The van der Waals surface area contributed by atoms with Crippen LogP contribution in [-0.4, -0.2) is 33.2 Å². The van der Waals surface area contributed by atoms with Gasteiger partial charge in [0.15, 0.2) is 0 Å². The minimum absolute atomic E-state index is 0.219. The molecular formula is C6H8O4S. The van der Waals surface area contributed by atoms with Crippen LogP contribution in [0.5, 0.6) is 0 Å². The van der Waals surface area contributed by atoms with Gasteiger partial charge in [-0.15, -0.1) is 18.3 Å². The predicted molar refractivity (Wildman–Crippen MR) is 41.7 cm³/mol. The Kier molecular flexibility index (Phi) is 4.36. The first-order chi connectivity index (χ1) is 5.07. The Hall–Kier alpha value is -0.970. The van der Waals surface area contributed by atoms with Gasteiger partial charge in [-0.2, -0.15) is 0 Å². The van der Waals surface area contributed by atoms with Crippen molar-refractivity contribution in [1.82, 2.24) is 0 Å². The summed E-state index contributed by atoms with van der Waals surface area (Å²) in [5, 5.41) is 15.8. The molecule has 0 fully saturated rings. The van der Waals surface area contributed by atoms with Crippen molar-refractivity contribution in [2.75, 3.05) is 5.75 Å². The zero-order chi connectivity index (χ0) is 8.85. The van der Waals surface area contributed by atoms with Crippen LogP contribution in [0.2, 0.25) is 0 Å². The molecule has 0 aromatic heterocycles. The van der Waals surface area contributed by atoms with E-state index < -0.39 is 17.2 Å². The van der Waals surface area contributed by atoms with E-state index in [9.17, 15) is 9.59 Å². The van der Waals surface area contributed by atoms with Crippen molar-refractivity contribution in [3.05, 3.63) is 12.7 Å². The maximum atomic E-state index is 10.3. The van der Waals surface area contributed by atoms with Gasteiger partial charge < -0.3 is 10.2 Å². The molecule has 0 heterocycles. The van der Waals surface area contributed by atoms with Gasteiger partial charge >= 0.3 is 11.9 Å². The summed E-state index contributed by atoms with van der Waals surface area (Å²) in [5.41, 5.74) is 0. The molecule has 62 valence electrons. The highest BCUT2D eigenvalue weighted by atomic mass is 32.2. The number of aliphatic carboxylic acids is 2. The lowest BCUT2D eigenvalue weighted by Crippen LogP contribution is -2.15. The van der Waals surface area contributed by atoms with E-state index in [-0.39, 0.29) is 5.75 Å². The summed E-state index contributed by atoms with van der Waals surface area (Å²) in [7, 11) is 0. The predicted octanol–water partition coefficient (Wildman–Crippen LogP) is 0.443. The first-order valence-corrected chi connectivity index (χ1v) is 3.81. The molecule has 0 rings (SSSR count). The molecule has 4 nitrogen and oxygen atoms in total. The molecule has 0 aromatic carbocycles. The van der Waals surface area contributed by atoms with Crippen molar-refractivity contribution in [2.45, 2.75) is 5.25 Å². The number of carboxylic acid groups (broad SMARTS) is 2. The van der Waals surface area contributed by atoms with Crippen molar-refractivity contribution in [1.29, 1.82) is 0 Å². The molecule has 0 saturated heterocycles. The molecule has 0 saturated carbocycles. The van der Waals surface area contributed by atoms with Crippen LogP contribution >= 0.6 is 11.8 Å². The molecule has 5 heteroatoms. The van der Waals surface area contributed by atoms with E-state index >= 15 is 0 Å².